The van der Waals surface area contributed by atoms with Gasteiger partial charge in [-0.1, -0.05) is 48.0 Å². The lowest BCUT2D eigenvalue weighted by Gasteiger charge is -2.15. The number of ketones is 1. The Morgan fingerprint density at radius 2 is 1.59 bits per heavy atom. The van der Waals surface area contributed by atoms with Crippen molar-refractivity contribution in [3.8, 4) is 5.75 Å². The summed E-state index contributed by atoms with van der Waals surface area (Å²) >= 11 is 5.94. The van der Waals surface area contributed by atoms with Crippen LogP contribution in [0.15, 0.2) is 78.9 Å². The van der Waals surface area contributed by atoms with Crippen LogP contribution in [0.2, 0.25) is 5.02 Å². The first-order chi connectivity index (χ1) is 13.0. The van der Waals surface area contributed by atoms with Crippen molar-refractivity contribution in [2.75, 3.05) is 5.32 Å². The van der Waals surface area contributed by atoms with Gasteiger partial charge in [0, 0.05) is 27.9 Å². The van der Waals surface area contributed by atoms with Gasteiger partial charge in [0.15, 0.2) is 6.10 Å². The lowest BCUT2D eigenvalue weighted by molar-refractivity contribution is 0.0818. The van der Waals surface area contributed by atoms with E-state index < -0.39 is 6.10 Å². The summed E-state index contributed by atoms with van der Waals surface area (Å²) in [6, 6.07) is 22.6. The molecule has 0 bridgehead atoms. The highest BCUT2D eigenvalue weighted by Gasteiger charge is 2.17. The lowest BCUT2D eigenvalue weighted by Crippen LogP contribution is -2.24. The summed E-state index contributed by atoms with van der Waals surface area (Å²) in [6.45, 7) is 1.68. The fourth-order valence-corrected chi connectivity index (χ4v) is 2.76. The molecule has 0 aliphatic carbocycles. The van der Waals surface area contributed by atoms with Crippen molar-refractivity contribution >= 4 is 29.0 Å². The quantitative estimate of drug-likeness (QED) is 0.595. The first-order valence-electron chi connectivity index (χ1n) is 8.46. The molecule has 0 aromatic heterocycles. The third kappa shape index (κ3) is 4.96. The van der Waals surface area contributed by atoms with E-state index >= 15 is 0 Å². The van der Waals surface area contributed by atoms with Crippen LogP contribution in [-0.2, 0) is 0 Å². The highest BCUT2D eigenvalue weighted by atomic mass is 35.5. The molecule has 0 aliphatic heterocycles. The monoisotopic (exact) mass is 379 g/mol. The molecule has 3 rings (SSSR count). The Bertz CT molecular complexity index is 957. The number of benzene rings is 3. The Labute approximate surface area is 162 Å². The zero-order valence-electron chi connectivity index (χ0n) is 14.7. The summed E-state index contributed by atoms with van der Waals surface area (Å²) in [6.07, 6.45) is -0.691. The van der Waals surface area contributed by atoms with Crippen molar-refractivity contribution in [3.05, 3.63) is 95.0 Å². The molecule has 0 fully saturated rings. The Morgan fingerprint density at radius 3 is 2.33 bits per heavy atom. The van der Waals surface area contributed by atoms with E-state index in [1.807, 2.05) is 6.07 Å². The van der Waals surface area contributed by atoms with Gasteiger partial charge in [-0.25, -0.2) is 0 Å². The van der Waals surface area contributed by atoms with Gasteiger partial charge >= 0.3 is 0 Å². The third-order valence-corrected chi connectivity index (χ3v) is 4.15. The van der Waals surface area contributed by atoms with Gasteiger partial charge < -0.3 is 10.1 Å². The van der Waals surface area contributed by atoms with Gasteiger partial charge in [-0.2, -0.15) is 0 Å². The average molecular weight is 380 g/mol. The largest absolute Gasteiger partial charge is 0.482 e. The SMILES string of the molecule is CC(Oc1cccc(NC(=O)c2ccccc2)c1)C(=O)c1cccc(Cl)c1. The molecule has 0 saturated heterocycles. The van der Waals surface area contributed by atoms with Crippen LogP contribution in [0.1, 0.15) is 27.6 Å². The van der Waals surface area contributed by atoms with Crippen LogP contribution in [0.4, 0.5) is 5.69 Å². The van der Waals surface area contributed by atoms with Crippen molar-refractivity contribution in [2.45, 2.75) is 13.0 Å². The van der Waals surface area contributed by atoms with Gasteiger partial charge in [0.1, 0.15) is 5.75 Å². The topological polar surface area (TPSA) is 55.4 Å². The van der Waals surface area contributed by atoms with E-state index in [2.05, 4.69) is 5.32 Å². The van der Waals surface area contributed by atoms with Crippen LogP contribution in [0.3, 0.4) is 0 Å². The molecule has 1 N–H and O–H groups in total. The maximum Gasteiger partial charge on any atom is 0.255 e. The minimum Gasteiger partial charge on any atom is -0.482 e. The molecular formula is C22H18ClNO3. The zero-order valence-corrected chi connectivity index (χ0v) is 15.4. The summed E-state index contributed by atoms with van der Waals surface area (Å²) in [5, 5.41) is 3.32. The van der Waals surface area contributed by atoms with Crippen molar-refractivity contribution < 1.29 is 14.3 Å². The highest BCUT2D eigenvalue weighted by Crippen LogP contribution is 2.21. The van der Waals surface area contributed by atoms with Gasteiger partial charge in [-0.3, -0.25) is 9.59 Å². The summed E-state index contributed by atoms with van der Waals surface area (Å²) in [4.78, 5) is 24.7. The summed E-state index contributed by atoms with van der Waals surface area (Å²) in [7, 11) is 0. The van der Waals surface area contributed by atoms with Gasteiger partial charge in [-0.15, -0.1) is 0 Å². The second-order valence-electron chi connectivity index (χ2n) is 5.98. The smallest absolute Gasteiger partial charge is 0.255 e. The first kappa shape index (κ1) is 18.7. The molecular weight excluding hydrogens is 362 g/mol. The Hall–Kier alpha value is -3.11. The second-order valence-corrected chi connectivity index (χ2v) is 6.42. The van der Waals surface area contributed by atoms with E-state index in [0.29, 0.717) is 27.6 Å². The zero-order chi connectivity index (χ0) is 19.2. The lowest BCUT2D eigenvalue weighted by atomic mass is 10.1. The molecule has 3 aromatic rings. The number of nitrogens with one attached hydrogen (secondary N) is 1. The highest BCUT2D eigenvalue weighted by molar-refractivity contribution is 6.31. The number of ether oxygens (including phenoxy) is 1. The van der Waals surface area contributed by atoms with Crippen molar-refractivity contribution in [2.24, 2.45) is 0 Å². The maximum atomic E-state index is 12.5. The molecule has 0 aliphatic rings. The Kier molecular flexibility index (Phi) is 5.89. The summed E-state index contributed by atoms with van der Waals surface area (Å²) < 4.78 is 5.75. The minimum atomic E-state index is -0.691. The van der Waals surface area contributed by atoms with Gasteiger partial charge in [-0.05, 0) is 43.3 Å². The number of Topliss-reactive ketones (excluding diaryl/α,β-unsaturated/α-hetero) is 1. The number of halogens is 1. The molecule has 0 spiro atoms. The number of hydrogen-bond acceptors (Lipinski definition) is 3. The summed E-state index contributed by atoms with van der Waals surface area (Å²) in [5.41, 5.74) is 1.64. The number of hydrogen-bond donors (Lipinski definition) is 1. The maximum absolute atomic E-state index is 12.5. The van der Waals surface area contributed by atoms with E-state index in [1.165, 1.54) is 0 Å². The molecule has 27 heavy (non-hydrogen) atoms. The van der Waals surface area contributed by atoms with Crippen LogP contribution in [0, 0.1) is 0 Å². The van der Waals surface area contributed by atoms with Crippen LogP contribution < -0.4 is 10.1 Å². The predicted octanol–water partition coefficient (Wildman–Crippen LogP) is 5.24. The van der Waals surface area contributed by atoms with Crippen LogP contribution in [0.25, 0.3) is 0 Å². The fraction of sp³-hybridized carbons (Fsp3) is 0.0909. The van der Waals surface area contributed by atoms with E-state index in [0.717, 1.165) is 0 Å². The van der Waals surface area contributed by atoms with Gasteiger partial charge in [0.05, 0.1) is 0 Å². The number of carbonyl (C=O) groups excluding carboxylic acids is 2. The first-order valence-corrected chi connectivity index (χ1v) is 8.83. The normalized spacial score (nSPS) is 11.5. The molecule has 4 nitrogen and oxygen atoms in total. The van der Waals surface area contributed by atoms with E-state index in [-0.39, 0.29) is 11.7 Å². The minimum absolute atomic E-state index is 0.170. The molecule has 0 heterocycles. The van der Waals surface area contributed by atoms with Gasteiger partial charge in [0.25, 0.3) is 5.91 Å². The average Bonchev–Trinajstić information content (AvgIpc) is 2.68. The standard InChI is InChI=1S/C22H18ClNO3/c1-15(21(25)17-9-5-10-18(23)13-17)27-20-12-6-11-19(14-20)24-22(26)16-7-3-2-4-8-16/h2-15H,1H3,(H,24,26). The number of rotatable bonds is 6. The van der Waals surface area contributed by atoms with Gasteiger partial charge in [0.2, 0.25) is 5.78 Å². The predicted molar refractivity (Wildman–Crippen MR) is 107 cm³/mol. The van der Waals surface area contributed by atoms with Crippen LogP contribution >= 0.6 is 11.6 Å². The molecule has 1 unspecified atom stereocenters. The molecule has 1 amide bonds. The van der Waals surface area contributed by atoms with E-state index in [4.69, 9.17) is 16.3 Å². The fourth-order valence-electron chi connectivity index (χ4n) is 2.57. The van der Waals surface area contributed by atoms with Crippen molar-refractivity contribution in [1.29, 1.82) is 0 Å². The number of carbonyl (C=O) groups is 2. The van der Waals surface area contributed by atoms with Crippen molar-refractivity contribution in [3.63, 3.8) is 0 Å². The van der Waals surface area contributed by atoms with E-state index in [1.54, 1.807) is 79.7 Å². The third-order valence-electron chi connectivity index (χ3n) is 3.92. The number of anilines is 1. The number of amides is 1. The molecule has 0 radical (unpaired) electrons. The Morgan fingerprint density at radius 1 is 0.889 bits per heavy atom. The second kappa shape index (κ2) is 8.52. The molecule has 136 valence electrons. The molecule has 1 atom stereocenters. The Balaban J connectivity index is 1.68. The molecule has 3 aromatic carbocycles. The van der Waals surface area contributed by atoms with Crippen LogP contribution in [0.5, 0.6) is 5.75 Å². The van der Waals surface area contributed by atoms with Crippen LogP contribution in [-0.4, -0.2) is 17.8 Å². The molecule has 5 heteroatoms. The van der Waals surface area contributed by atoms with E-state index in [9.17, 15) is 9.59 Å². The summed E-state index contributed by atoms with van der Waals surface area (Å²) in [5.74, 6) is 0.107. The molecule has 0 saturated carbocycles. The van der Waals surface area contributed by atoms with Crippen molar-refractivity contribution in [1.82, 2.24) is 0 Å².